The molecule has 2 nitrogen and oxygen atoms in total. The van der Waals surface area contributed by atoms with Crippen LogP contribution in [0.25, 0.3) is 0 Å². The van der Waals surface area contributed by atoms with Gasteiger partial charge in [-0.2, -0.15) is 0 Å². The molecule has 0 aliphatic heterocycles. The van der Waals surface area contributed by atoms with Crippen LogP contribution < -0.4 is 0 Å². The Bertz CT molecular complexity index is 141. The number of carbonyl (C=O) groups is 1. The number of halogens is 1. The lowest BCUT2D eigenvalue weighted by atomic mass is 10.2. The second-order valence-corrected chi connectivity index (χ2v) is 2.68. The first-order chi connectivity index (χ1) is 4.66. The van der Waals surface area contributed by atoms with Crippen molar-refractivity contribution in [3.8, 4) is 0 Å². The second-order valence-electron chi connectivity index (χ2n) is 2.12. The molecule has 0 aliphatic rings. The van der Waals surface area contributed by atoms with Gasteiger partial charge in [-0.25, -0.2) is 0 Å². The zero-order valence-corrected chi connectivity index (χ0v) is 7.52. The van der Waals surface area contributed by atoms with Crippen LogP contribution in [-0.4, -0.2) is 16.4 Å². The Labute approximate surface area is 69.1 Å². The highest BCUT2D eigenvalue weighted by Gasteiger charge is 1.92. The van der Waals surface area contributed by atoms with Crippen LogP contribution >= 0.6 is 15.9 Å². The van der Waals surface area contributed by atoms with Crippen LogP contribution in [0.5, 0.6) is 0 Å². The van der Waals surface area contributed by atoms with Crippen molar-refractivity contribution in [2.75, 3.05) is 5.33 Å². The molecule has 58 valence electrons. The summed E-state index contributed by atoms with van der Waals surface area (Å²) in [6, 6.07) is 0. The monoisotopic (exact) mass is 206 g/mol. The third-order valence-corrected chi connectivity index (χ3v) is 1.95. The number of hydrogen-bond donors (Lipinski definition) is 1. The number of aliphatic carboxylic acids is 1. The summed E-state index contributed by atoms with van der Waals surface area (Å²) in [6.07, 6.45) is 2.79. The Balaban J connectivity index is 3.43. The van der Waals surface area contributed by atoms with E-state index in [0.717, 1.165) is 5.33 Å². The topological polar surface area (TPSA) is 37.3 Å². The minimum Gasteiger partial charge on any atom is -0.481 e. The van der Waals surface area contributed by atoms with Crippen LogP contribution in [-0.2, 0) is 4.79 Å². The number of hydrogen-bond acceptors (Lipinski definition) is 1. The van der Waals surface area contributed by atoms with Crippen LogP contribution in [0.4, 0.5) is 0 Å². The van der Waals surface area contributed by atoms with Crippen molar-refractivity contribution in [3.63, 3.8) is 0 Å². The van der Waals surface area contributed by atoms with Crippen molar-refractivity contribution in [1.82, 2.24) is 0 Å². The summed E-state index contributed by atoms with van der Waals surface area (Å²) in [6.45, 7) is 1.97. The van der Waals surface area contributed by atoms with E-state index in [1.165, 1.54) is 5.57 Å². The van der Waals surface area contributed by atoms with Gasteiger partial charge in [0.05, 0.1) is 0 Å². The highest BCUT2D eigenvalue weighted by atomic mass is 79.9. The van der Waals surface area contributed by atoms with Gasteiger partial charge in [0.1, 0.15) is 0 Å². The molecular weight excluding hydrogens is 196 g/mol. The first kappa shape index (κ1) is 9.69. The molecule has 0 heterocycles. The Hall–Kier alpha value is -0.310. The quantitative estimate of drug-likeness (QED) is 0.566. The predicted molar refractivity (Wildman–Crippen MR) is 44.4 cm³/mol. The summed E-state index contributed by atoms with van der Waals surface area (Å²) in [5, 5.41) is 9.08. The summed E-state index contributed by atoms with van der Waals surface area (Å²) in [4.78, 5) is 10.0. The highest BCUT2D eigenvalue weighted by Crippen LogP contribution is 2.01. The van der Waals surface area contributed by atoms with E-state index in [1.807, 2.05) is 13.0 Å². The van der Waals surface area contributed by atoms with Gasteiger partial charge in [-0.3, -0.25) is 4.79 Å². The number of carboxylic acids is 1. The van der Waals surface area contributed by atoms with Crippen LogP contribution in [0.15, 0.2) is 11.6 Å². The molecule has 0 amide bonds. The summed E-state index contributed by atoms with van der Waals surface area (Å²) in [5.41, 5.74) is 1.18. The molecule has 3 heteroatoms. The Morgan fingerprint density at radius 1 is 1.70 bits per heavy atom. The van der Waals surface area contributed by atoms with Crippen molar-refractivity contribution in [2.24, 2.45) is 0 Å². The fourth-order valence-corrected chi connectivity index (χ4v) is 0.726. The maximum atomic E-state index is 10.0. The molecule has 0 rings (SSSR count). The lowest BCUT2D eigenvalue weighted by Gasteiger charge is -1.91. The number of carboxylic acid groups (broad SMARTS) is 1. The van der Waals surface area contributed by atoms with E-state index in [-0.39, 0.29) is 6.42 Å². The van der Waals surface area contributed by atoms with E-state index < -0.39 is 5.97 Å². The van der Waals surface area contributed by atoms with Crippen LogP contribution in [0, 0.1) is 0 Å². The first-order valence-electron chi connectivity index (χ1n) is 3.10. The normalized spacial score (nSPS) is 11.6. The fourth-order valence-electron chi connectivity index (χ4n) is 0.497. The number of rotatable bonds is 4. The molecule has 1 N–H and O–H groups in total. The standard InChI is InChI=1S/C7H11BrO2/c1-6(5-8)3-2-4-7(9)10/h3H,2,4-5H2,1H3,(H,9,10)/b6-3+. The molecule has 0 radical (unpaired) electrons. The largest absolute Gasteiger partial charge is 0.481 e. The van der Waals surface area contributed by atoms with E-state index >= 15 is 0 Å². The Morgan fingerprint density at radius 3 is 2.70 bits per heavy atom. The van der Waals surface area contributed by atoms with Gasteiger partial charge < -0.3 is 5.11 Å². The molecule has 0 aromatic carbocycles. The molecule has 0 fully saturated rings. The molecule has 0 aliphatic carbocycles. The molecule has 0 bridgehead atoms. The maximum Gasteiger partial charge on any atom is 0.303 e. The van der Waals surface area contributed by atoms with E-state index in [1.54, 1.807) is 0 Å². The molecule has 0 unspecified atom stereocenters. The summed E-state index contributed by atoms with van der Waals surface area (Å²) in [5.74, 6) is -0.737. The summed E-state index contributed by atoms with van der Waals surface area (Å²) >= 11 is 3.27. The van der Waals surface area contributed by atoms with E-state index in [0.29, 0.717) is 6.42 Å². The highest BCUT2D eigenvalue weighted by molar-refractivity contribution is 9.09. The molecule has 0 saturated carbocycles. The first-order valence-corrected chi connectivity index (χ1v) is 4.22. The van der Waals surface area contributed by atoms with Crippen molar-refractivity contribution in [3.05, 3.63) is 11.6 Å². The van der Waals surface area contributed by atoms with Gasteiger partial charge in [-0.05, 0) is 13.3 Å². The maximum absolute atomic E-state index is 10.0. The van der Waals surface area contributed by atoms with Crippen molar-refractivity contribution < 1.29 is 9.90 Å². The third-order valence-electron chi connectivity index (χ3n) is 1.06. The smallest absolute Gasteiger partial charge is 0.303 e. The number of alkyl halides is 1. The molecule has 0 aromatic heterocycles. The van der Waals surface area contributed by atoms with Gasteiger partial charge in [-0.1, -0.05) is 27.6 Å². The van der Waals surface area contributed by atoms with Crippen LogP contribution in [0.1, 0.15) is 19.8 Å². The molecule has 10 heavy (non-hydrogen) atoms. The van der Waals surface area contributed by atoms with Crippen molar-refractivity contribution in [1.29, 1.82) is 0 Å². The number of allylic oxidation sites excluding steroid dienone is 2. The minimum atomic E-state index is -0.737. The van der Waals surface area contributed by atoms with Gasteiger partial charge in [0.2, 0.25) is 0 Å². The second kappa shape index (κ2) is 5.47. The third kappa shape index (κ3) is 5.82. The lowest BCUT2D eigenvalue weighted by Crippen LogP contribution is -1.92. The van der Waals surface area contributed by atoms with Gasteiger partial charge in [0, 0.05) is 11.8 Å². The van der Waals surface area contributed by atoms with Crippen molar-refractivity contribution >= 4 is 21.9 Å². The van der Waals surface area contributed by atoms with E-state index in [4.69, 9.17) is 5.11 Å². The average molecular weight is 207 g/mol. The van der Waals surface area contributed by atoms with Crippen molar-refractivity contribution in [2.45, 2.75) is 19.8 Å². The Morgan fingerprint density at radius 2 is 2.30 bits per heavy atom. The van der Waals surface area contributed by atoms with Crippen LogP contribution in [0.2, 0.25) is 0 Å². The van der Waals surface area contributed by atoms with E-state index in [2.05, 4.69) is 15.9 Å². The van der Waals surface area contributed by atoms with E-state index in [9.17, 15) is 4.79 Å². The zero-order valence-electron chi connectivity index (χ0n) is 5.93. The zero-order chi connectivity index (χ0) is 7.98. The van der Waals surface area contributed by atoms with Gasteiger partial charge in [0.25, 0.3) is 0 Å². The minimum absolute atomic E-state index is 0.227. The summed E-state index contributed by atoms with van der Waals surface area (Å²) in [7, 11) is 0. The lowest BCUT2D eigenvalue weighted by molar-refractivity contribution is -0.136. The molecule has 0 spiro atoms. The molecule has 0 atom stereocenters. The van der Waals surface area contributed by atoms with Gasteiger partial charge in [-0.15, -0.1) is 0 Å². The predicted octanol–water partition coefficient (Wildman–Crippen LogP) is 2.19. The fraction of sp³-hybridized carbons (Fsp3) is 0.571. The van der Waals surface area contributed by atoms with Gasteiger partial charge in [0.15, 0.2) is 0 Å². The molecule has 0 aromatic rings. The van der Waals surface area contributed by atoms with Gasteiger partial charge >= 0.3 is 5.97 Å². The SMILES string of the molecule is C/C(=C\CCC(=O)O)CBr. The Kier molecular flexibility index (Phi) is 5.30. The molecule has 0 saturated heterocycles. The average Bonchev–Trinajstić information content (AvgIpc) is 1.87. The van der Waals surface area contributed by atoms with Crippen LogP contribution in [0.3, 0.4) is 0 Å². The summed E-state index contributed by atoms with van der Waals surface area (Å²) < 4.78 is 0. The molecular formula is C7H11BrO2.